The molecular formula is C17H19N. The minimum Gasteiger partial charge on any atom is -0.308 e. The molecule has 0 heterocycles. The maximum Gasteiger partial charge on any atom is 0.0250 e. The highest BCUT2D eigenvalue weighted by Crippen LogP contribution is 2.31. The predicted octanol–water partition coefficient (Wildman–Crippen LogP) is 4.32. The summed E-state index contributed by atoms with van der Waals surface area (Å²) in [5.41, 5.74) is 4.81. The second kappa shape index (κ2) is 4.77. The highest BCUT2D eigenvalue weighted by molar-refractivity contribution is 5.76. The summed E-state index contributed by atoms with van der Waals surface area (Å²) in [6.07, 6.45) is 1.38. The van der Waals surface area contributed by atoms with E-state index in [1.165, 1.54) is 22.9 Å². The summed E-state index contributed by atoms with van der Waals surface area (Å²) in [4.78, 5) is 0. The zero-order valence-electron chi connectivity index (χ0n) is 11.2. The van der Waals surface area contributed by atoms with E-state index in [0.717, 1.165) is 5.56 Å². The average molecular weight is 237 g/mol. The van der Waals surface area contributed by atoms with Crippen LogP contribution in [0.4, 0.5) is 0 Å². The molecule has 1 nitrogen and oxygen atoms in total. The van der Waals surface area contributed by atoms with Crippen LogP contribution in [0.1, 0.15) is 36.1 Å². The molecule has 2 rings (SSSR count). The first-order chi connectivity index (χ1) is 8.54. The molecule has 0 atom stereocenters. The van der Waals surface area contributed by atoms with Crippen LogP contribution in [0.25, 0.3) is 0 Å². The van der Waals surface area contributed by atoms with Crippen LogP contribution in [0, 0.1) is 12.3 Å². The first-order valence-electron chi connectivity index (χ1n) is 6.22. The monoisotopic (exact) mass is 237 g/mol. The van der Waals surface area contributed by atoms with E-state index in [0.29, 0.717) is 0 Å². The van der Waals surface area contributed by atoms with Gasteiger partial charge in [-0.3, -0.25) is 0 Å². The quantitative estimate of drug-likeness (QED) is 0.769. The first kappa shape index (κ1) is 12.6. The Hall–Kier alpha value is -1.89. The third-order valence-electron chi connectivity index (χ3n) is 3.57. The summed E-state index contributed by atoms with van der Waals surface area (Å²) in [5.74, 6) is 0. The fraction of sp³-hybridized carbons (Fsp3) is 0.235. The molecule has 18 heavy (non-hydrogen) atoms. The fourth-order valence-electron chi connectivity index (χ4n) is 2.13. The zero-order chi connectivity index (χ0) is 13.2. The molecule has 1 N–H and O–H groups in total. The summed E-state index contributed by atoms with van der Waals surface area (Å²) in [5, 5.41) is 7.23. The van der Waals surface area contributed by atoms with Crippen molar-refractivity contribution in [2.24, 2.45) is 0 Å². The number of benzene rings is 2. The molecule has 0 radical (unpaired) electrons. The largest absolute Gasteiger partial charge is 0.308 e. The number of hydrogen-bond acceptors (Lipinski definition) is 1. The Bertz CT molecular complexity index is 533. The van der Waals surface area contributed by atoms with E-state index in [1.807, 2.05) is 12.1 Å². The van der Waals surface area contributed by atoms with Crippen molar-refractivity contribution in [1.29, 1.82) is 5.41 Å². The van der Waals surface area contributed by atoms with Crippen LogP contribution < -0.4 is 0 Å². The van der Waals surface area contributed by atoms with E-state index in [9.17, 15) is 0 Å². The molecular weight excluding hydrogens is 218 g/mol. The lowest BCUT2D eigenvalue weighted by atomic mass is 9.78. The van der Waals surface area contributed by atoms with E-state index in [-0.39, 0.29) is 5.41 Å². The minimum absolute atomic E-state index is 0.00570. The third-order valence-corrected chi connectivity index (χ3v) is 3.57. The molecule has 0 saturated carbocycles. The van der Waals surface area contributed by atoms with E-state index in [4.69, 9.17) is 5.41 Å². The standard InChI is InChI=1S/C17H19N/c1-13-4-8-15(9-5-13)17(2,3)16-10-6-14(12-18)7-11-16/h4-12,18H,1-3H3. The SMILES string of the molecule is Cc1ccc(C(C)(C)c2ccc(C=N)cc2)cc1. The molecule has 0 aromatic heterocycles. The minimum atomic E-state index is -0.00570. The highest BCUT2D eigenvalue weighted by atomic mass is 14.3. The van der Waals surface area contributed by atoms with Crippen molar-refractivity contribution in [2.45, 2.75) is 26.2 Å². The molecule has 2 aromatic carbocycles. The van der Waals surface area contributed by atoms with E-state index >= 15 is 0 Å². The molecule has 0 unspecified atom stereocenters. The maximum absolute atomic E-state index is 7.23. The molecule has 0 aliphatic rings. The van der Waals surface area contributed by atoms with Gasteiger partial charge in [-0.25, -0.2) is 0 Å². The Morgan fingerprint density at radius 2 is 1.28 bits per heavy atom. The second-order valence-corrected chi connectivity index (χ2v) is 5.26. The Morgan fingerprint density at radius 3 is 1.72 bits per heavy atom. The topological polar surface area (TPSA) is 23.9 Å². The molecule has 0 fully saturated rings. The second-order valence-electron chi connectivity index (χ2n) is 5.26. The number of nitrogens with one attached hydrogen (secondary N) is 1. The van der Waals surface area contributed by atoms with Crippen LogP contribution >= 0.6 is 0 Å². The van der Waals surface area contributed by atoms with Gasteiger partial charge in [-0.1, -0.05) is 67.9 Å². The van der Waals surface area contributed by atoms with Gasteiger partial charge in [0.05, 0.1) is 0 Å². The smallest absolute Gasteiger partial charge is 0.0250 e. The number of aryl methyl sites for hydroxylation is 1. The summed E-state index contributed by atoms with van der Waals surface area (Å²) in [6.45, 7) is 6.57. The zero-order valence-corrected chi connectivity index (χ0v) is 11.2. The van der Waals surface area contributed by atoms with E-state index < -0.39 is 0 Å². The van der Waals surface area contributed by atoms with Crippen LogP contribution in [-0.4, -0.2) is 6.21 Å². The van der Waals surface area contributed by atoms with Crippen LogP contribution in [0.15, 0.2) is 48.5 Å². The van der Waals surface area contributed by atoms with Gasteiger partial charge in [0.15, 0.2) is 0 Å². The van der Waals surface area contributed by atoms with Gasteiger partial charge in [0.2, 0.25) is 0 Å². The predicted molar refractivity (Wildman–Crippen MR) is 77.6 cm³/mol. The van der Waals surface area contributed by atoms with Gasteiger partial charge in [-0.15, -0.1) is 0 Å². The van der Waals surface area contributed by atoms with Crippen molar-refractivity contribution in [2.75, 3.05) is 0 Å². The Kier molecular flexibility index (Phi) is 3.33. The molecule has 0 aliphatic carbocycles. The molecule has 92 valence electrons. The summed E-state index contributed by atoms with van der Waals surface area (Å²) in [7, 11) is 0. The Balaban J connectivity index is 2.39. The van der Waals surface area contributed by atoms with Crippen molar-refractivity contribution < 1.29 is 0 Å². The Morgan fingerprint density at radius 1 is 0.833 bits per heavy atom. The molecule has 1 heteroatoms. The van der Waals surface area contributed by atoms with Crippen LogP contribution in [0.3, 0.4) is 0 Å². The van der Waals surface area contributed by atoms with Crippen LogP contribution in [-0.2, 0) is 5.41 Å². The highest BCUT2D eigenvalue weighted by Gasteiger charge is 2.22. The molecule has 0 bridgehead atoms. The Labute approximate surface area is 109 Å². The summed E-state index contributed by atoms with van der Waals surface area (Å²) in [6, 6.07) is 16.9. The van der Waals surface area contributed by atoms with Crippen molar-refractivity contribution in [3.05, 3.63) is 70.8 Å². The summed E-state index contributed by atoms with van der Waals surface area (Å²) < 4.78 is 0. The van der Waals surface area contributed by atoms with Gasteiger partial charge in [-0.05, 0) is 23.6 Å². The average Bonchev–Trinajstić information content (AvgIpc) is 2.39. The number of rotatable bonds is 3. The normalized spacial score (nSPS) is 11.3. The molecule has 0 spiro atoms. The van der Waals surface area contributed by atoms with Crippen molar-refractivity contribution in [1.82, 2.24) is 0 Å². The van der Waals surface area contributed by atoms with Gasteiger partial charge in [0.1, 0.15) is 0 Å². The van der Waals surface area contributed by atoms with Gasteiger partial charge < -0.3 is 5.41 Å². The lowest BCUT2D eigenvalue weighted by molar-refractivity contribution is 0.640. The lowest BCUT2D eigenvalue weighted by Gasteiger charge is -2.26. The first-order valence-corrected chi connectivity index (χ1v) is 6.22. The molecule has 0 saturated heterocycles. The molecule has 2 aromatic rings. The van der Waals surface area contributed by atoms with Gasteiger partial charge in [0, 0.05) is 11.6 Å². The van der Waals surface area contributed by atoms with Gasteiger partial charge in [0.25, 0.3) is 0 Å². The van der Waals surface area contributed by atoms with Crippen LogP contribution in [0.2, 0.25) is 0 Å². The van der Waals surface area contributed by atoms with Crippen LogP contribution in [0.5, 0.6) is 0 Å². The number of hydrogen-bond donors (Lipinski definition) is 1. The molecule has 0 aliphatic heterocycles. The molecule has 0 amide bonds. The maximum atomic E-state index is 7.23. The van der Waals surface area contributed by atoms with Gasteiger partial charge >= 0.3 is 0 Å². The van der Waals surface area contributed by atoms with Crippen molar-refractivity contribution in [3.63, 3.8) is 0 Å². The fourth-order valence-corrected chi connectivity index (χ4v) is 2.13. The van der Waals surface area contributed by atoms with Crippen molar-refractivity contribution >= 4 is 6.21 Å². The third kappa shape index (κ3) is 2.35. The lowest BCUT2D eigenvalue weighted by Crippen LogP contribution is -2.18. The van der Waals surface area contributed by atoms with E-state index in [1.54, 1.807) is 0 Å². The van der Waals surface area contributed by atoms with Gasteiger partial charge in [-0.2, -0.15) is 0 Å². The summed E-state index contributed by atoms with van der Waals surface area (Å²) >= 11 is 0. The van der Waals surface area contributed by atoms with E-state index in [2.05, 4.69) is 57.2 Å². The van der Waals surface area contributed by atoms with Crippen molar-refractivity contribution in [3.8, 4) is 0 Å².